The van der Waals surface area contributed by atoms with Crippen molar-refractivity contribution in [1.29, 1.82) is 5.26 Å². The molecule has 198 valence electrons. The fourth-order valence-corrected chi connectivity index (χ4v) is 5.56. The number of rotatable bonds is 10. The average molecular weight is 544 g/mol. The molecule has 0 aliphatic heterocycles. The first-order chi connectivity index (χ1) is 17.7. The van der Waals surface area contributed by atoms with Crippen molar-refractivity contribution in [3.63, 3.8) is 0 Å². The van der Waals surface area contributed by atoms with Gasteiger partial charge in [0.1, 0.15) is 17.9 Å². The summed E-state index contributed by atoms with van der Waals surface area (Å²) in [5, 5.41) is 12.7. The standard InChI is InChI=1S/C25H34ClN7O3Si/c1-35-23-20(13-18(26)14-28-23)30-24-29-15-21-22(31-24)33(19-7-5-17(6-8-19)9-10-27)25(34)32(21)16-36-11-12-37(2,3)4/h13-15,17,19H,5-9,11-12,16H2,1-4H3,(H,29,30,31). The molecule has 10 nitrogen and oxygen atoms in total. The van der Waals surface area contributed by atoms with Gasteiger partial charge in [-0.05, 0) is 43.7 Å². The van der Waals surface area contributed by atoms with Gasteiger partial charge >= 0.3 is 5.69 Å². The van der Waals surface area contributed by atoms with Crippen LogP contribution in [0.2, 0.25) is 30.7 Å². The number of nitriles is 1. The maximum Gasteiger partial charge on any atom is 0.332 e. The van der Waals surface area contributed by atoms with Gasteiger partial charge in [-0.25, -0.2) is 14.8 Å². The summed E-state index contributed by atoms with van der Waals surface area (Å²) in [6, 6.07) is 4.98. The number of nitrogens with one attached hydrogen (secondary N) is 1. The molecule has 12 heteroatoms. The summed E-state index contributed by atoms with van der Waals surface area (Å²) in [5.74, 6) is 1.04. The molecule has 3 aromatic heterocycles. The van der Waals surface area contributed by atoms with Gasteiger partial charge < -0.3 is 14.8 Å². The summed E-state index contributed by atoms with van der Waals surface area (Å²) < 4.78 is 14.7. The van der Waals surface area contributed by atoms with E-state index in [0.29, 0.717) is 52.6 Å². The predicted molar refractivity (Wildman–Crippen MR) is 146 cm³/mol. The molecular formula is C25H34ClN7O3Si. The van der Waals surface area contributed by atoms with Gasteiger partial charge in [-0.2, -0.15) is 10.2 Å². The van der Waals surface area contributed by atoms with Crippen LogP contribution < -0.4 is 15.7 Å². The third-order valence-corrected chi connectivity index (χ3v) is 8.65. The highest BCUT2D eigenvalue weighted by molar-refractivity contribution is 6.76. The number of methoxy groups -OCH3 is 1. The van der Waals surface area contributed by atoms with Crippen molar-refractivity contribution in [1.82, 2.24) is 24.1 Å². The van der Waals surface area contributed by atoms with Crippen LogP contribution in [0.15, 0.2) is 23.3 Å². The molecule has 4 rings (SSSR count). The van der Waals surface area contributed by atoms with Crippen LogP contribution in [-0.4, -0.2) is 45.9 Å². The van der Waals surface area contributed by atoms with Gasteiger partial charge in [-0.3, -0.25) is 9.13 Å². The monoisotopic (exact) mass is 543 g/mol. The van der Waals surface area contributed by atoms with Gasteiger partial charge in [-0.15, -0.1) is 0 Å². The van der Waals surface area contributed by atoms with Gasteiger partial charge in [0.15, 0.2) is 5.65 Å². The zero-order valence-corrected chi connectivity index (χ0v) is 23.6. The zero-order valence-electron chi connectivity index (χ0n) is 21.8. The quantitative estimate of drug-likeness (QED) is 0.268. The van der Waals surface area contributed by atoms with E-state index in [-0.39, 0.29) is 18.5 Å². The Morgan fingerprint density at radius 2 is 1.97 bits per heavy atom. The summed E-state index contributed by atoms with van der Waals surface area (Å²) in [7, 11) is 0.269. The number of halogens is 1. The van der Waals surface area contributed by atoms with Crippen molar-refractivity contribution in [3.8, 4) is 11.9 Å². The molecular weight excluding hydrogens is 510 g/mol. The maximum atomic E-state index is 13.7. The fraction of sp³-hybridized carbons (Fsp3) is 0.560. The van der Waals surface area contributed by atoms with Gasteiger partial charge in [0.25, 0.3) is 0 Å². The summed E-state index contributed by atoms with van der Waals surface area (Å²) in [6.07, 6.45) is 7.16. The molecule has 37 heavy (non-hydrogen) atoms. The minimum atomic E-state index is -1.25. The van der Waals surface area contributed by atoms with E-state index < -0.39 is 8.07 Å². The molecule has 0 radical (unpaired) electrons. The third-order valence-electron chi connectivity index (χ3n) is 6.74. The number of fused-ring (bicyclic) bond motifs is 1. The second kappa shape index (κ2) is 11.6. The lowest BCUT2D eigenvalue weighted by molar-refractivity contribution is 0.0866. The largest absolute Gasteiger partial charge is 0.480 e. The number of ether oxygens (including phenoxy) is 2. The molecule has 3 aromatic rings. The van der Waals surface area contributed by atoms with Gasteiger partial charge in [0.05, 0.1) is 24.4 Å². The normalized spacial score (nSPS) is 18.1. The van der Waals surface area contributed by atoms with Crippen molar-refractivity contribution < 1.29 is 9.47 Å². The van der Waals surface area contributed by atoms with E-state index in [4.69, 9.17) is 31.3 Å². The minimum Gasteiger partial charge on any atom is -0.480 e. The Balaban J connectivity index is 1.68. The van der Waals surface area contributed by atoms with Crippen molar-refractivity contribution in [3.05, 3.63) is 34.0 Å². The summed E-state index contributed by atoms with van der Waals surface area (Å²) in [4.78, 5) is 27.1. The Morgan fingerprint density at radius 1 is 1.22 bits per heavy atom. The summed E-state index contributed by atoms with van der Waals surface area (Å²) in [5.41, 5.74) is 1.54. The van der Waals surface area contributed by atoms with Crippen LogP contribution in [0.4, 0.5) is 11.6 Å². The van der Waals surface area contributed by atoms with Crippen molar-refractivity contribution >= 4 is 42.5 Å². The van der Waals surface area contributed by atoms with Gasteiger partial charge in [0.2, 0.25) is 11.8 Å². The third kappa shape index (κ3) is 6.50. The highest BCUT2D eigenvalue weighted by Gasteiger charge is 2.27. The molecule has 1 fully saturated rings. The minimum absolute atomic E-state index is 0.00158. The smallest absolute Gasteiger partial charge is 0.332 e. The molecule has 1 N–H and O–H groups in total. The molecule has 0 unspecified atom stereocenters. The van der Waals surface area contributed by atoms with E-state index in [1.807, 2.05) is 0 Å². The molecule has 0 spiro atoms. The van der Waals surface area contributed by atoms with Gasteiger partial charge in [0, 0.05) is 33.3 Å². The van der Waals surface area contributed by atoms with Crippen LogP contribution in [0.25, 0.3) is 11.2 Å². The first kappa shape index (κ1) is 27.1. The van der Waals surface area contributed by atoms with E-state index in [2.05, 4.69) is 41.0 Å². The van der Waals surface area contributed by atoms with Crippen LogP contribution in [0.1, 0.15) is 38.1 Å². The fourth-order valence-electron chi connectivity index (χ4n) is 4.64. The Kier molecular flexibility index (Phi) is 8.52. The van der Waals surface area contributed by atoms with E-state index in [9.17, 15) is 4.79 Å². The number of hydrogen-bond acceptors (Lipinski definition) is 8. The highest BCUT2D eigenvalue weighted by Crippen LogP contribution is 2.35. The summed E-state index contributed by atoms with van der Waals surface area (Å²) in [6.45, 7) is 7.65. The molecule has 1 aliphatic carbocycles. The molecule has 1 saturated carbocycles. The number of imidazole rings is 1. The van der Waals surface area contributed by atoms with E-state index in [1.165, 1.54) is 13.3 Å². The van der Waals surface area contributed by atoms with Crippen LogP contribution in [0.3, 0.4) is 0 Å². The maximum absolute atomic E-state index is 13.7. The average Bonchev–Trinajstić information content (AvgIpc) is 3.12. The number of nitrogens with zero attached hydrogens (tertiary/aromatic N) is 6. The number of anilines is 2. The SMILES string of the molecule is COc1ncc(Cl)cc1Nc1ncc2c(n1)n(C1CCC(CC#N)CC1)c(=O)n2COCC[Si](C)(C)C. The van der Waals surface area contributed by atoms with E-state index in [1.54, 1.807) is 21.4 Å². The van der Waals surface area contributed by atoms with Crippen LogP contribution in [0, 0.1) is 17.2 Å². The molecule has 3 heterocycles. The Bertz CT molecular complexity index is 1340. The van der Waals surface area contributed by atoms with Crippen LogP contribution >= 0.6 is 11.6 Å². The second-order valence-electron chi connectivity index (χ2n) is 10.7. The molecule has 0 aromatic carbocycles. The topological polar surface area (TPSA) is 120 Å². The predicted octanol–water partition coefficient (Wildman–Crippen LogP) is 5.35. The van der Waals surface area contributed by atoms with E-state index in [0.717, 1.165) is 31.7 Å². The van der Waals surface area contributed by atoms with Crippen molar-refractivity contribution in [2.24, 2.45) is 5.92 Å². The lowest BCUT2D eigenvalue weighted by Gasteiger charge is -2.27. The zero-order chi connectivity index (χ0) is 26.6. The van der Waals surface area contributed by atoms with Crippen LogP contribution in [-0.2, 0) is 11.5 Å². The first-order valence-corrected chi connectivity index (χ1v) is 16.7. The Morgan fingerprint density at radius 3 is 2.65 bits per heavy atom. The summed E-state index contributed by atoms with van der Waals surface area (Å²) >= 11 is 6.13. The van der Waals surface area contributed by atoms with E-state index >= 15 is 0 Å². The number of hydrogen-bond donors (Lipinski definition) is 1. The van der Waals surface area contributed by atoms with Crippen molar-refractivity contribution in [2.45, 2.75) is 70.6 Å². The number of aromatic nitrogens is 5. The highest BCUT2D eigenvalue weighted by atomic mass is 35.5. The number of pyridine rings is 1. The second-order valence-corrected chi connectivity index (χ2v) is 16.8. The molecule has 0 amide bonds. The Hall–Kier alpha value is -2.94. The lowest BCUT2D eigenvalue weighted by atomic mass is 9.84. The lowest BCUT2D eigenvalue weighted by Crippen LogP contribution is -2.31. The molecule has 0 bridgehead atoms. The molecule has 0 atom stereocenters. The Labute approximate surface area is 222 Å². The van der Waals surface area contributed by atoms with Crippen molar-refractivity contribution in [2.75, 3.05) is 19.0 Å². The molecule has 1 aliphatic rings. The first-order valence-electron chi connectivity index (χ1n) is 12.6. The molecule has 0 saturated heterocycles. The van der Waals surface area contributed by atoms with Gasteiger partial charge in [-0.1, -0.05) is 31.2 Å². The van der Waals surface area contributed by atoms with Crippen LogP contribution in [0.5, 0.6) is 5.88 Å².